The highest BCUT2D eigenvalue weighted by molar-refractivity contribution is 7.11. The van der Waals surface area contributed by atoms with Crippen LogP contribution in [-0.2, 0) is 9.59 Å². The van der Waals surface area contributed by atoms with Crippen LogP contribution in [0.5, 0.6) is 0 Å². The van der Waals surface area contributed by atoms with Crippen LogP contribution >= 0.6 is 11.3 Å². The van der Waals surface area contributed by atoms with Crippen LogP contribution in [0.2, 0.25) is 0 Å². The molecule has 2 amide bonds. The zero-order chi connectivity index (χ0) is 16.5. The third-order valence-corrected chi connectivity index (χ3v) is 6.58. The van der Waals surface area contributed by atoms with Gasteiger partial charge in [-0.2, -0.15) is 0 Å². The van der Waals surface area contributed by atoms with E-state index in [1.807, 2.05) is 9.80 Å². The summed E-state index contributed by atoms with van der Waals surface area (Å²) in [7, 11) is 0. The lowest BCUT2D eigenvalue weighted by Gasteiger charge is -2.29. The highest BCUT2D eigenvalue weighted by Gasteiger charge is 2.40. The topological polar surface area (TPSA) is 40.6 Å². The molecule has 1 unspecified atom stereocenters. The van der Waals surface area contributed by atoms with Crippen molar-refractivity contribution in [1.29, 1.82) is 0 Å². The molecule has 1 saturated heterocycles. The van der Waals surface area contributed by atoms with E-state index in [0.717, 1.165) is 25.8 Å². The summed E-state index contributed by atoms with van der Waals surface area (Å²) in [5, 5.41) is 2.09. The molecule has 5 heteroatoms. The quantitative estimate of drug-likeness (QED) is 0.845. The molecule has 0 N–H and O–H groups in total. The first-order valence-corrected chi connectivity index (χ1v) is 9.91. The Bertz CT molecular complexity index is 646. The third kappa shape index (κ3) is 3.02. The van der Waals surface area contributed by atoms with Crippen LogP contribution < -0.4 is 0 Å². The molecule has 0 radical (unpaired) electrons. The number of likely N-dealkylation sites (tertiary alicyclic amines) is 1. The Hall–Kier alpha value is -1.62. The fourth-order valence-electron chi connectivity index (χ4n) is 4.28. The van der Waals surface area contributed by atoms with E-state index >= 15 is 0 Å². The molecule has 1 aliphatic carbocycles. The molecule has 3 aliphatic rings. The lowest BCUT2D eigenvalue weighted by molar-refractivity contribution is -0.135. The van der Waals surface area contributed by atoms with Crippen LogP contribution in [0, 0.1) is 5.92 Å². The molecule has 0 aromatic carbocycles. The SMILES string of the molecule is O=C(C1CC(=O)N(C2CCCC2)C1)N1CC=C(c2cccs2)CC1. The third-order valence-electron chi connectivity index (χ3n) is 5.63. The molecule has 0 spiro atoms. The Morgan fingerprint density at radius 2 is 2.08 bits per heavy atom. The van der Waals surface area contributed by atoms with Crippen LogP contribution in [-0.4, -0.2) is 47.3 Å². The standard InChI is InChI=1S/C19H24N2O2S/c22-18-12-15(13-21(18)16-4-1-2-5-16)19(23)20-9-7-14(8-10-20)17-6-3-11-24-17/h3,6-7,11,15-16H,1-2,4-5,8-10,12-13H2. The Morgan fingerprint density at radius 1 is 1.25 bits per heavy atom. The minimum atomic E-state index is -0.130. The van der Waals surface area contributed by atoms with Gasteiger partial charge in [0.1, 0.15) is 0 Å². The van der Waals surface area contributed by atoms with Gasteiger partial charge in [0.05, 0.1) is 5.92 Å². The smallest absolute Gasteiger partial charge is 0.228 e. The summed E-state index contributed by atoms with van der Waals surface area (Å²) < 4.78 is 0. The molecule has 128 valence electrons. The van der Waals surface area contributed by atoms with Gasteiger partial charge in [-0.05, 0) is 36.3 Å². The van der Waals surface area contributed by atoms with Gasteiger partial charge in [0.15, 0.2) is 0 Å². The van der Waals surface area contributed by atoms with E-state index in [9.17, 15) is 9.59 Å². The van der Waals surface area contributed by atoms with Crippen molar-refractivity contribution in [3.63, 3.8) is 0 Å². The van der Waals surface area contributed by atoms with E-state index in [-0.39, 0.29) is 17.7 Å². The van der Waals surface area contributed by atoms with E-state index < -0.39 is 0 Å². The lowest BCUT2D eigenvalue weighted by Crippen LogP contribution is -2.40. The Morgan fingerprint density at radius 3 is 2.75 bits per heavy atom. The van der Waals surface area contributed by atoms with E-state index in [0.29, 0.717) is 25.6 Å². The van der Waals surface area contributed by atoms with E-state index in [4.69, 9.17) is 0 Å². The van der Waals surface area contributed by atoms with Crippen molar-refractivity contribution in [2.24, 2.45) is 5.92 Å². The molecule has 2 aliphatic heterocycles. The van der Waals surface area contributed by atoms with Gasteiger partial charge in [0, 0.05) is 37.0 Å². The number of carbonyl (C=O) groups is 2. The predicted octanol–water partition coefficient (Wildman–Crippen LogP) is 3.15. The van der Waals surface area contributed by atoms with Gasteiger partial charge in [-0.1, -0.05) is 25.0 Å². The molecule has 1 aromatic heterocycles. The molecule has 2 fully saturated rings. The summed E-state index contributed by atoms with van der Waals surface area (Å²) in [5.74, 6) is 0.229. The van der Waals surface area contributed by atoms with Crippen molar-refractivity contribution < 1.29 is 9.59 Å². The summed E-state index contributed by atoms with van der Waals surface area (Å²) >= 11 is 1.76. The van der Waals surface area contributed by atoms with Crippen LogP contribution in [0.25, 0.3) is 5.57 Å². The fraction of sp³-hybridized carbons (Fsp3) is 0.579. The first-order chi connectivity index (χ1) is 11.7. The monoisotopic (exact) mass is 344 g/mol. The molecule has 1 atom stereocenters. The van der Waals surface area contributed by atoms with E-state index in [1.165, 1.54) is 23.3 Å². The van der Waals surface area contributed by atoms with Crippen molar-refractivity contribution in [2.75, 3.05) is 19.6 Å². The van der Waals surface area contributed by atoms with Crippen LogP contribution in [0.3, 0.4) is 0 Å². The molecule has 0 bridgehead atoms. The minimum Gasteiger partial charge on any atom is -0.339 e. The second-order valence-corrected chi connectivity index (χ2v) is 8.07. The van der Waals surface area contributed by atoms with Gasteiger partial charge in [-0.25, -0.2) is 0 Å². The zero-order valence-corrected chi connectivity index (χ0v) is 14.8. The van der Waals surface area contributed by atoms with Crippen molar-refractivity contribution in [3.05, 3.63) is 28.5 Å². The van der Waals surface area contributed by atoms with Crippen molar-refractivity contribution in [3.8, 4) is 0 Å². The van der Waals surface area contributed by atoms with Crippen molar-refractivity contribution in [1.82, 2.24) is 9.80 Å². The summed E-state index contributed by atoms with van der Waals surface area (Å²) in [5.41, 5.74) is 1.35. The van der Waals surface area contributed by atoms with Gasteiger partial charge in [-0.3, -0.25) is 9.59 Å². The van der Waals surface area contributed by atoms with Gasteiger partial charge < -0.3 is 9.80 Å². The molecule has 1 saturated carbocycles. The molecular weight excluding hydrogens is 320 g/mol. The van der Waals surface area contributed by atoms with Gasteiger partial charge in [0.2, 0.25) is 11.8 Å². The summed E-state index contributed by atoms with van der Waals surface area (Å²) in [6.45, 7) is 2.09. The number of thiophene rings is 1. The normalized spacial score (nSPS) is 25.4. The average Bonchev–Trinajstić information content (AvgIpc) is 3.35. The largest absolute Gasteiger partial charge is 0.339 e. The first-order valence-electron chi connectivity index (χ1n) is 9.03. The molecule has 4 nitrogen and oxygen atoms in total. The van der Waals surface area contributed by atoms with Gasteiger partial charge in [-0.15, -0.1) is 11.3 Å². The highest BCUT2D eigenvalue weighted by Crippen LogP contribution is 2.31. The molecule has 3 heterocycles. The second kappa shape index (κ2) is 6.71. The van der Waals surface area contributed by atoms with Crippen LogP contribution in [0.1, 0.15) is 43.4 Å². The summed E-state index contributed by atoms with van der Waals surface area (Å²) in [6, 6.07) is 4.60. The number of amides is 2. The fourth-order valence-corrected chi connectivity index (χ4v) is 5.08. The maximum atomic E-state index is 12.8. The number of carbonyl (C=O) groups excluding carboxylic acids is 2. The number of rotatable bonds is 3. The van der Waals surface area contributed by atoms with E-state index in [2.05, 4.69) is 23.6 Å². The molecule has 4 rings (SSSR count). The first kappa shape index (κ1) is 15.9. The number of nitrogens with zero attached hydrogens (tertiary/aromatic N) is 2. The minimum absolute atomic E-state index is 0.130. The molecule has 1 aromatic rings. The highest BCUT2D eigenvalue weighted by atomic mass is 32.1. The maximum absolute atomic E-state index is 12.8. The Balaban J connectivity index is 1.37. The summed E-state index contributed by atoms with van der Waals surface area (Å²) in [4.78, 5) is 30.4. The predicted molar refractivity (Wildman–Crippen MR) is 95.6 cm³/mol. The Labute approximate surface area is 147 Å². The molecule has 24 heavy (non-hydrogen) atoms. The van der Waals surface area contributed by atoms with Crippen molar-refractivity contribution in [2.45, 2.75) is 44.6 Å². The van der Waals surface area contributed by atoms with Crippen LogP contribution in [0.4, 0.5) is 0 Å². The molecular formula is C19H24N2O2S. The second-order valence-electron chi connectivity index (χ2n) is 7.13. The number of hydrogen-bond donors (Lipinski definition) is 0. The summed E-state index contributed by atoms with van der Waals surface area (Å²) in [6.07, 6.45) is 8.17. The van der Waals surface area contributed by atoms with Crippen molar-refractivity contribution >= 4 is 28.7 Å². The van der Waals surface area contributed by atoms with Crippen LogP contribution in [0.15, 0.2) is 23.6 Å². The average molecular weight is 344 g/mol. The zero-order valence-electron chi connectivity index (χ0n) is 13.9. The Kier molecular flexibility index (Phi) is 4.44. The number of hydrogen-bond acceptors (Lipinski definition) is 3. The lowest BCUT2D eigenvalue weighted by atomic mass is 10.0. The van der Waals surface area contributed by atoms with Gasteiger partial charge >= 0.3 is 0 Å². The van der Waals surface area contributed by atoms with Gasteiger partial charge in [0.25, 0.3) is 0 Å². The van der Waals surface area contributed by atoms with E-state index in [1.54, 1.807) is 11.3 Å². The maximum Gasteiger partial charge on any atom is 0.228 e.